The molecule has 2 aromatic carbocycles. The van der Waals surface area contributed by atoms with Crippen LogP contribution < -0.4 is 15.5 Å². The van der Waals surface area contributed by atoms with Crippen molar-refractivity contribution in [1.29, 1.82) is 0 Å². The van der Waals surface area contributed by atoms with E-state index in [9.17, 15) is 14.0 Å². The van der Waals surface area contributed by atoms with Crippen molar-refractivity contribution in [1.82, 2.24) is 10.3 Å². The first-order valence-corrected chi connectivity index (χ1v) is 10.8. The highest BCUT2D eigenvalue weighted by molar-refractivity contribution is 7.99. The number of hydrogen-bond donors (Lipinski definition) is 2. The molecule has 4 rings (SSSR count). The fourth-order valence-electron chi connectivity index (χ4n) is 3.24. The maximum Gasteiger partial charge on any atom is 0.326 e. The highest BCUT2D eigenvalue weighted by atomic mass is 32.2. The summed E-state index contributed by atoms with van der Waals surface area (Å²) in [4.78, 5) is 30.9. The number of nitrogens with zero attached hydrogens (tertiary/aromatic N) is 2. The second-order valence-electron chi connectivity index (χ2n) is 7.00. The Hall–Kier alpha value is -3.39. The maximum atomic E-state index is 13.6. The zero-order chi connectivity index (χ0) is 21.6. The lowest BCUT2D eigenvalue weighted by molar-refractivity contribution is -0.120. The fourth-order valence-corrected chi connectivity index (χ4v) is 4.17. The van der Waals surface area contributed by atoms with Gasteiger partial charge in [-0.2, -0.15) is 0 Å². The average molecular weight is 437 g/mol. The predicted molar refractivity (Wildman–Crippen MR) is 120 cm³/mol. The van der Waals surface area contributed by atoms with Gasteiger partial charge in [0.05, 0.1) is 12.1 Å². The van der Waals surface area contributed by atoms with Crippen LogP contribution in [0.15, 0.2) is 71.9 Å². The average Bonchev–Trinajstić information content (AvgIpc) is 2.79. The molecule has 31 heavy (non-hydrogen) atoms. The van der Waals surface area contributed by atoms with Gasteiger partial charge in [0.15, 0.2) is 0 Å². The van der Waals surface area contributed by atoms with E-state index in [1.54, 1.807) is 65.3 Å². The van der Waals surface area contributed by atoms with Crippen molar-refractivity contribution in [2.45, 2.75) is 18.0 Å². The molecule has 0 unspecified atom stereocenters. The van der Waals surface area contributed by atoms with Gasteiger partial charge in [0, 0.05) is 36.3 Å². The highest BCUT2D eigenvalue weighted by Crippen LogP contribution is 2.32. The van der Waals surface area contributed by atoms with Crippen molar-refractivity contribution in [3.05, 3.63) is 83.8 Å². The monoisotopic (exact) mass is 436 g/mol. The number of anilines is 2. The number of aromatic nitrogens is 1. The molecule has 2 N–H and O–H groups in total. The molecule has 0 saturated heterocycles. The zero-order valence-corrected chi connectivity index (χ0v) is 17.5. The van der Waals surface area contributed by atoms with Crippen LogP contribution in [0.1, 0.15) is 11.1 Å². The molecule has 3 amide bonds. The van der Waals surface area contributed by atoms with E-state index in [1.165, 1.54) is 6.07 Å². The summed E-state index contributed by atoms with van der Waals surface area (Å²) in [6, 6.07) is 16.9. The molecular weight excluding hydrogens is 415 g/mol. The number of amides is 3. The SMILES string of the molecule is O=C(Cc1ccc(NC(=O)N2CCSc3ncccc32)cc1)NCc1ccccc1F. The highest BCUT2D eigenvalue weighted by Gasteiger charge is 2.23. The maximum absolute atomic E-state index is 13.6. The number of hydrogen-bond acceptors (Lipinski definition) is 4. The third kappa shape index (κ3) is 5.21. The van der Waals surface area contributed by atoms with Crippen LogP contribution in [-0.2, 0) is 17.8 Å². The van der Waals surface area contributed by atoms with E-state index in [0.717, 1.165) is 22.0 Å². The van der Waals surface area contributed by atoms with Crippen LogP contribution in [0.25, 0.3) is 0 Å². The van der Waals surface area contributed by atoms with Gasteiger partial charge in [-0.1, -0.05) is 30.3 Å². The fraction of sp³-hybridized carbons (Fsp3) is 0.174. The quantitative estimate of drug-likeness (QED) is 0.628. The van der Waals surface area contributed by atoms with Crippen LogP contribution in [0, 0.1) is 5.82 Å². The number of nitrogens with one attached hydrogen (secondary N) is 2. The lowest BCUT2D eigenvalue weighted by Crippen LogP contribution is -2.38. The molecule has 0 bridgehead atoms. The first-order valence-electron chi connectivity index (χ1n) is 9.85. The number of thioether (sulfide) groups is 1. The van der Waals surface area contributed by atoms with Crippen molar-refractivity contribution in [2.75, 3.05) is 22.5 Å². The third-order valence-corrected chi connectivity index (χ3v) is 5.82. The van der Waals surface area contributed by atoms with E-state index < -0.39 is 0 Å². The van der Waals surface area contributed by atoms with Crippen molar-refractivity contribution in [2.24, 2.45) is 0 Å². The summed E-state index contributed by atoms with van der Waals surface area (Å²) >= 11 is 1.64. The summed E-state index contributed by atoms with van der Waals surface area (Å²) in [7, 11) is 0. The smallest absolute Gasteiger partial charge is 0.326 e. The van der Waals surface area contributed by atoms with Gasteiger partial charge in [-0.15, -0.1) is 11.8 Å². The minimum atomic E-state index is -0.339. The van der Waals surface area contributed by atoms with Crippen molar-refractivity contribution in [3.8, 4) is 0 Å². The van der Waals surface area contributed by atoms with E-state index in [1.807, 2.05) is 12.1 Å². The molecule has 6 nitrogen and oxygen atoms in total. The summed E-state index contributed by atoms with van der Waals surface area (Å²) in [5, 5.41) is 6.47. The molecule has 8 heteroatoms. The molecule has 0 radical (unpaired) electrons. The Morgan fingerprint density at radius 1 is 1.06 bits per heavy atom. The summed E-state index contributed by atoms with van der Waals surface area (Å²) in [5.41, 5.74) is 2.69. The summed E-state index contributed by atoms with van der Waals surface area (Å²) < 4.78 is 13.6. The van der Waals surface area contributed by atoms with Crippen molar-refractivity contribution < 1.29 is 14.0 Å². The van der Waals surface area contributed by atoms with Gasteiger partial charge in [0.2, 0.25) is 5.91 Å². The minimum Gasteiger partial charge on any atom is -0.352 e. The Balaban J connectivity index is 1.32. The Kier molecular flexibility index (Phi) is 6.47. The molecule has 1 aliphatic heterocycles. The van der Waals surface area contributed by atoms with Gasteiger partial charge in [-0.25, -0.2) is 14.2 Å². The van der Waals surface area contributed by atoms with Crippen LogP contribution in [0.3, 0.4) is 0 Å². The molecule has 0 spiro atoms. The topological polar surface area (TPSA) is 74.3 Å². The number of pyridine rings is 1. The van der Waals surface area contributed by atoms with Crippen LogP contribution in [0.2, 0.25) is 0 Å². The normalized spacial score (nSPS) is 12.7. The largest absolute Gasteiger partial charge is 0.352 e. The molecule has 158 valence electrons. The van der Waals surface area contributed by atoms with Crippen molar-refractivity contribution >= 4 is 35.1 Å². The third-order valence-electron chi connectivity index (χ3n) is 4.84. The van der Waals surface area contributed by atoms with Gasteiger partial charge in [0.1, 0.15) is 10.8 Å². The predicted octanol–water partition coefficient (Wildman–Crippen LogP) is 4.22. The molecule has 0 atom stereocenters. The Bertz CT molecular complexity index is 1090. The molecule has 0 saturated carbocycles. The molecule has 1 aromatic heterocycles. The van der Waals surface area contributed by atoms with Gasteiger partial charge >= 0.3 is 6.03 Å². The number of rotatable bonds is 5. The molecule has 3 aromatic rings. The number of halogens is 1. The van der Waals surface area contributed by atoms with E-state index in [0.29, 0.717) is 17.8 Å². The molecule has 1 aliphatic rings. The zero-order valence-electron chi connectivity index (χ0n) is 16.7. The Morgan fingerprint density at radius 3 is 2.68 bits per heavy atom. The number of carbonyl (C=O) groups is 2. The van der Waals surface area contributed by atoms with E-state index >= 15 is 0 Å². The lowest BCUT2D eigenvalue weighted by Gasteiger charge is -2.28. The van der Waals surface area contributed by atoms with E-state index in [2.05, 4.69) is 15.6 Å². The van der Waals surface area contributed by atoms with Gasteiger partial charge in [-0.05, 0) is 35.9 Å². The lowest BCUT2D eigenvalue weighted by atomic mass is 10.1. The van der Waals surface area contributed by atoms with E-state index in [-0.39, 0.29) is 30.7 Å². The summed E-state index contributed by atoms with van der Waals surface area (Å²) in [5.74, 6) is 0.252. The molecule has 0 fully saturated rings. The molecule has 0 aliphatic carbocycles. The van der Waals surface area contributed by atoms with Crippen molar-refractivity contribution in [3.63, 3.8) is 0 Å². The van der Waals surface area contributed by atoms with Crippen LogP contribution >= 0.6 is 11.8 Å². The Morgan fingerprint density at radius 2 is 1.87 bits per heavy atom. The van der Waals surface area contributed by atoms with E-state index in [4.69, 9.17) is 0 Å². The number of benzene rings is 2. The standard InChI is InChI=1S/C23H21FN4O2S/c24-19-5-2-1-4-17(19)15-26-21(29)14-16-7-9-18(10-8-16)27-23(30)28-12-13-31-22-20(28)6-3-11-25-22/h1-11H,12-15H2,(H,26,29)(H,27,30). The van der Waals surface area contributed by atoms with Gasteiger partial charge in [-0.3, -0.25) is 9.69 Å². The first-order chi connectivity index (χ1) is 15.1. The molecular formula is C23H21FN4O2S. The second kappa shape index (κ2) is 9.61. The number of carbonyl (C=O) groups excluding carboxylic acids is 2. The summed E-state index contributed by atoms with van der Waals surface area (Å²) in [6.07, 6.45) is 1.89. The molecule has 2 heterocycles. The second-order valence-corrected chi connectivity index (χ2v) is 8.08. The first kappa shape index (κ1) is 20.9. The van der Waals surface area contributed by atoms with Gasteiger partial charge in [0.25, 0.3) is 0 Å². The van der Waals surface area contributed by atoms with Crippen LogP contribution in [0.5, 0.6) is 0 Å². The Labute approximate surface area is 183 Å². The van der Waals surface area contributed by atoms with Crippen LogP contribution in [-0.4, -0.2) is 29.2 Å². The number of urea groups is 1. The van der Waals surface area contributed by atoms with Gasteiger partial charge < -0.3 is 10.6 Å². The summed E-state index contributed by atoms with van der Waals surface area (Å²) in [6.45, 7) is 0.750. The number of fused-ring (bicyclic) bond motifs is 1. The minimum absolute atomic E-state index is 0.143. The van der Waals surface area contributed by atoms with Crippen LogP contribution in [0.4, 0.5) is 20.6 Å².